The highest BCUT2D eigenvalue weighted by Crippen LogP contribution is 2.24. The highest BCUT2D eigenvalue weighted by atomic mass is 32.1. The first-order valence-corrected chi connectivity index (χ1v) is 7.43. The van der Waals surface area contributed by atoms with Gasteiger partial charge in [0.2, 0.25) is 0 Å². The summed E-state index contributed by atoms with van der Waals surface area (Å²) in [5, 5.41) is 13.7. The highest BCUT2D eigenvalue weighted by Gasteiger charge is 2.20. The first-order chi connectivity index (χ1) is 9.40. The number of nitrogens with one attached hydrogen (secondary N) is 1. The lowest BCUT2D eigenvalue weighted by Gasteiger charge is -2.20. The molecule has 0 radical (unpaired) electrons. The van der Waals surface area contributed by atoms with Crippen molar-refractivity contribution in [2.75, 3.05) is 46.6 Å². The Morgan fingerprint density at radius 1 is 1.37 bits per heavy atom. The van der Waals surface area contributed by atoms with E-state index in [1.807, 2.05) is 0 Å². The molecule has 19 heavy (non-hydrogen) atoms. The smallest absolute Gasteiger partial charge is 0.148 e. The predicted octanol–water partition coefficient (Wildman–Crippen LogP) is 0.795. The molecule has 0 aliphatic carbocycles. The molecule has 0 amide bonds. The SMILES string of the molecule is COCCNCCCc1nnc(C2COCCO2)s1. The van der Waals surface area contributed by atoms with E-state index >= 15 is 0 Å². The zero-order valence-electron chi connectivity index (χ0n) is 11.3. The second-order valence-corrected chi connectivity index (χ2v) is 5.41. The normalized spacial score (nSPS) is 19.7. The lowest BCUT2D eigenvalue weighted by Crippen LogP contribution is -2.21. The molecule has 7 heteroatoms. The van der Waals surface area contributed by atoms with Gasteiger partial charge in [0.1, 0.15) is 16.1 Å². The van der Waals surface area contributed by atoms with E-state index in [9.17, 15) is 0 Å². The Balaban J connectivity index is 1.66. The van der Waals surface area contributed by atoms with Crippen LogP contribution in [0.4, 0.5) is 0 Å². The van der Waals surface area contributed by atoms with Crippen molar-refractivity contribution in [2.45, 2.75) is 18.9 Å². The topological polar surface area (TPSA) is 65.5 Å². The molecule has 2 rings (SSSR count). The Kier molecular flexibility index (Phi) is 6.66. The second kappa shape index (κ2) is 8.55. The van der Waals surface area contributed by atoms with Gasteiger partial charge >= 0.3 is 0 Å². The van der Waals surface area contributed by atoms with Gasteiger partial charge in [-0.05, 0) is 13.0 Å². The fourth-order valence-electron chi connectivity index (χ4n) is 1.79. The summed E-state index contributed by atoms with van der Waals surface area (Å²) in [4.78, 5) is 0. The molecule has 1 aliphatic heterocycles. The molecule has 1 N–H and O–H groups in total. The van der Waals surface area contributed by atoms with Crippen molar-refractivity contribution < 1.29 is 14.2 Å². The van der Waals surface area contributed by atoms with Crippen LogP contribution in [0.15, 0.2) is 0 Å². The maximum absolute atomic E-state index is 5.60. The standard InChI is InChI=1S/C12H21N3O3S/c1-16-6-5-13-4-2-3-11-14-15-12(19-11)10-9-17-7-8-18-10/h10,13H,2-9H2,1H3. The third-order valence-electron chi connectivity index (χ3n) is 2.80. The van der Waals surface area contributed by atoms with Gasteiger partial charge in [-0.2, -0.15) is 0 Å². The maximum atomic E-state index is 5.60. The minimum Gasteiger partial charge on any atom is -0.383 e. The number of ether oxygens (including phenoxy) is 3. The largest absolute Gasteiger partial charge is 0.383 e. The Morgan fingerprint density at radius 3 is 3.11 bits per heavy atom. The van der Waals surface area contributed by atoms with Crippen LogP contribution < -0.4 is 5.32 Å². The van der Waals surface area contributed by atoms with E-state index in [0.29, 0.717) is 19.8 Å². The lowest BCUT2D eigenvalue weighted by atomic mass is 10.3. The van der Waals surface area contributed by atoms with E-state index in [1.165, 1.54) is 0 Å². The third kappa shape index (κ3) is 5.12. The number of nitrogens with zero attached hydrogens (tertiary/aromatic N) is 2. The van der Waals surface area contributed by atoms with Crippen LogP contribution >= 0.6 is 11.3 Å². The van der Waals surface area contributed by atoms with Crippen molar-refractivity contribution in [3.63, 3.8) is 0 Å². The van der Waals surface area contributed by atoms with Gasteiger partial charge in [0.05, 0.1) is 26.4 Å². The Morgan fingerprint density at radius 2 is 2.32 bits per heavy atom. The number of rotatable bonds is 8. The van der Waals surface area contributed by atoms with Crippen LogP contribution in [0.3, 0.4) is 0 Å². The lowest BCUT2D eigenvalue weighted by molar-refractivity contribution is -0.0903. The molecule has 1 unspecified atom stereocenters. The summed E-state index contributed by atoms with van der Waals surface area (Å²) in [6.07, 6.45) is 1.98. The van der Waals surface area contributed by atoms with Crippen molar-refractivity contribution in [1.82, 2.24) is 15.5 Å². The van der Waals surface area contributed by atoms with Crippen molar-refractivity contribution in [2.24, 2.45) is 0 Å². The molecule has 2 heterocycles. The monoisotopic (exact) mass is 287 g/mol. The number of methoxy groups -OCH3 is 1. The van der Waals surface area contributed by atoms with Gasteiger partial charge in [-0.25, -0.2) is 0 Å². The maximum Gasteiger partial charge on any atom is 0.148 e. The van der Waals surface area contributed by atoms with E-state index in [-0.39, 0.29) is 6.10 Å². The molecular formula is C12H21N3O3S. The third-order valence-corrected chi connectivity index (χ3v) is 3.88. The molecule has 0 saturated carbocycles. The van der Waals surface area contributed by atoms with Gasteiger partial charge in [-0.1, -0.05) is 11.3 Å². The first-order valence-electron chi connectivity index (χ1n) is 6.61. The van der Waals surface area contributed by atoms with Gasteiger partial charge < -0.3 is 19.5 Å². The highest BCUT2D eigenvalue weighted by molar-refractivity contribution is 7.11. The molecule has 1 saturated heterocycles. The number of aromatic nitrogens is 2. The molecule has 0 spiro atoms. The predicted molar refractivity (Wildman–Crippen MR) is 72.5 cm³/mol. The van der Waals surface area contributed by atoms with Crippen LogP contribution in [0, 0.1) is 0 Å². The van der Waals surface area contributed by atoms with Gasteiger partial charge in [-0.3, -0.25) is 0 Å². The van der Waals surface area contributed by atoms with Crippen LogP contribution in [0.5, 0.6) is 0 Å². The van der Waals surface area contributed by atoms with Gasteiger partial charge in [0, 0.05) is 20.1 Å². The summed E-state index contributed by atoms with van der Waals surface area (Å²) in [6, 6.07) is 0. The van der Waals surface area contributed by atoms with Crippen molar-refractivity contribution >= 4 is 11.3 Å². The molecule has 1 aromatic heterocycles. The summed E-state index contributed by atoms with van der Waals surface area (Å²) in [5.74, 6) is 0. The molecule has 0 bridgehead atoms. The van der Waals surface area contributed by atoms with Gasteiger partial charge in [-0.15, -0.1) is 10.2 Å². The van der Waals surface area contributed by atoms with Crippen LogP contribution in [0.1, 0.15) is 22.5 Å². The number of hydrogen-bond donors (Lipinski definition) is 1. The Labute approximate surface area is 117 Å². The zero-order valence-corrected chi connectivity index (χ0v) is 12.1. The van der Waals surface area contributed by atoms with E-state index in [4.69, 9.17) is 14.2 Å². The minimum absolute atomic E-state index is 0.0279. The number of aryl methyl sites for hydroxylation is 1. The molecule has 108 valence electrons. The molecule has 1 aromatic rings. The zero-order chi connectivity index (χ0) is 13.3. The average molecular weight is 287 g/mol. The van der Waals surface area contributed by atoms with E-state index < -0.39 is 0 Å². The van der Waals surface area contributed by atoms with Crippen LogP contribution in [-0.4, -0.2) is 56.8 Å². The van der Waals surface area contributed by atoms with Crippen LogP contribution in [-0.2, 0) is 20.6 Å². The van der Waals surface area contributed by atoms with Gasteiger partial charge in [0.15, 0.2) is 0 Å². The summed E-state index contributed by atoms with van der Waals surface area (Å²) < 4.78 is 15.9. The minimum atomic E-state index is -0.0279. The molecule has 1 aliphatic rings. The Bertz CT molecular complexity index is 356. The fraction of sp³-hybridized carbons (Fsp3) is 0.833. The summed E-state index contributed by atoms with van der Waals surface area (Å²) in [7, 11) is 1.71. The molecular weight excluding hydrogens is 266 g/mol. The second-order valence-electron chi connectivity index (χ2n) is 4.31. The quantitative estimate of drug-likeness (QED) is 0.713. The van der Waals surface area contributed by atoms with Crippen LogP contribution in [0.2, 0.25) is 0 Å². The average Bonchev–Trinajstić information content (AvgIpc) is 2.92. The molecule has 1 atom stereocenters. The first kappa shape index (κ1) is 14.8. The molecule has 1 fully saturated rings. The number of hydrogen-bond acceptors (Lipinski definition) is 7. The van der Waals surface area contributed by atoms with E-state index in [1.54, 1.807) is 18.4 Å². The van der Waals surface area contributed by atoms with Crippen LogP contribution in [0.25, 0.3) is 0 Å². The fourth-order valence-corrected chi connectivity index (χ4v) is 2.71. The Hall–Kier alpha value is -0.600. The molecule has 0 aromatic carbocycles. The summed E-state index contributed by atoms with van der Waals surface area (Å²) in [5.41, 5.74) is 0. The van der Waals surface area contributed by atoms with E-state index in [0.717, 1.165) is 42.6 Å². The van der Waals surface area contributed by atoms with E-state index in [2.05, 4.69) is 15.5 Å². The van der Waals surface area contributed by atoms with Crippen molar-refractivity contribution in [3.05, 3.63) is 10.0 Å². The summed E-state index contributed by atoms with van der Waals surface area (Å²) >= 11 is 1.63. The van der Waals surface area contributed by atoms with Gasteiger partial charge in [0.25, 0.3) is 0 Å². The summed E-state index contributed by atoms with van der Waals surface area (Å²) in [6.45, 7) is 4.53. The van der Waals surface area contributed by atoms with Crippen molar-refractivity contribution in [3.8, 4) is 0 Å². The van der Waals surface area contributed by atoms with Crippen molar-refractivity contribution in [1.29, 1.82) is 0 Å². The molecule has 6 nitrogen and oxygen atoms in total.